The third kappa shape index (κ3) is 5.07. The van der Waals surface area contributed by atoms with Crippen molar-refractivity contribution in [3.8, 4) is 22.8 Å². The molecule has 0 saturated heterocycles. The van der Waals surface area contributed by atoms with Gasteiger partial charge in [0.1, 0.15) is 12.4 Å². The summed E-state index contributed by atoms with van der Waals surface area (Å²) in [5, 5.41) is 0.281. The molecular weight excluding hydrogens is 425 g/mol. The third-order valence-electron chi connectivity index (χ3n) is 5.51. The number of nitrogens with zero attached hydrogens (tertiary/aromatic N) is 1. The first-order valence-electron chi connectivity index (χ1n) is 11.1. The van der Waals surface area contributed by atoms with E-state index in [4.69, 9.17) is 26.1 Å². The molecule has 3 rings (SSSR count). The fourth-order valence-corrected chi connectivity index (χ4v) is 4.02. The Morgan fingerprint density at radius 1 is 1.03 bits per heavy atom. The largest absolute Gasteiger partial charge is 0.490 e. The summed E-state index contributed by atoms with van der Waals surface area (Å²) >= 11 is 6.29. The van der Waals surface area contributed by atoms with Gasteiger partial charge in [0, 0.05) is 17.3 Å². The zero-order valence-electron chi connectivity index (χ0n) is 19.7. The van der Waals surface area contributed by atoms with Crippen molar-refractivity contribution in [3.63, 3.8) is 0 Å². The summed E-state index contributed by atoms with van der Waals surface area (Å²) in [6.07, 6.45) is 1.80. The molecule has 0 saturated carbocycles. The smallest absolute Gasteiger partial charge is 0.174 e. The first-order valence-corrected chi connectivity index (χ1v) is 11.5. The molecule has 5 heteroatoms. The van der Waals surface area contributed by atoms with E-state index < -0.39 is 5.82 Å². The normalized spacial score (nSPS) is 11.2. The SMILES string of the molecule is CCc1cccc(CC)c1-c1cc(OC(C)C)c(COc2c(F)ccc(C)c2Cl)c(C)n1. The van der Waals surface area contributed by atoms with E-state index in [-0.39, 0.29) is 23.5 Å². The van der Waals surface area contributed by atoms with Crippen molar-refractivity contribution in [3.05, 3.63) is 75.2 Å². The second-order valence-corrected chi connectivity index (χ2v) is 8.57. The van der Waals surface area contributed by atoms with E-state index >= 15 is 0 Å². The highest BCUT2D eigenvalue weighted by Gasteiger charge is 2.19. The topological polar surface area (TPSA) is 31.4 Å². The Balaban J connectivity index is 2.07. The predicted octanol–water partition coefficient (Wildman–Crippen LogP) is 7.65. The van der Waals surface area contributed by atoms with Gasteiger partial charge in [-0.2, -0.15) is 0 Å². The minimum Gasteiger partial charge on any atom is -0.490 e. The number of aryl methyl sites for hydroxylation is 4. The molecule has 0 aliphatic rings. The molecule has 0 radical (unpaired) electrons. The fourth-order valence-electron chi connectivity index (χ4n) is 3.81. The Kier molecular flexibility index (Phi) is 7.78. The van der Waals surface area contributed by atoms with Crippen molar-refractivity contribution >= 4 is 11.6 Å². The number of hydrogen-bond donors (Lipinski definition) is 0. The summed E-state index contributed by atoms with van der Waals surface area (Å²) in [5.41, 5.74) is 6.89. The zero-order chi connectivity index (χ0) is 23.4. The summed E-state index contributed by atoms with van der Waals surface area (Å²) in [5.74, 6) is 0.258. The predicted molar refractivity (Wildman–Crippen MR) is 129 cm³/mol. The molecular formula is C27H31ClFNO2. The highest BCUT2D eigenvalue weighted by Crippen LogP contribution is 2.36. The van der Waals surface area contributed by atoms with E-state index in [0.717, 1.165) is 40.9 Å². The van der Waals surface area contributed by atoms with Crippen molar-refractivity contribution in [1.29, 1.82) is 0 Å². The van der Waals surface area contributed by atoms with E-state index in [1.54, 1.807) is 6.07 Å². The van der Waals surface area contributed by atoms with Crippen LogP contribution >= 0.6 is 11.6 Å². The molecule has 0 spiro atoms. The van der Waals surface area contributed by atoms with Gasteiger partial charge in [0.2, 0.25) is 0 Å². The molecule has 0 fully saturated rings. The number of halogens is 2. The molecule has 2 aromatic carbocycles. The van der Waals surface area contributed by atoms with Gasteiger partial charge in [-0.1, -0.05) is 49.7 Å². The number of rotatable bonds is 8. The first kappa shape index (κ1) is 24.1. The number of pyridine rings is 1. The van der Waals surface area contributed by atoms with Crippen molar-refractivity contribution in [2.24, 2.45) is 0 Å². The maximum atomic E-state index is 14.3. The van der Waals surface area contributed by atoms with Crippen LogP contribution in [-0.4, -0.2) is 11.1 Å². The second-order valence-electron chi connectivity index (χ2n) is 8.19. The maximum absolute atomic E-state index is 14.3. The van der Waals surface area contributed by atoms with E-state index in [1.807, 2.05) is 33.8 Å². The van der Waals surface area contributed by atoms with E-state index in [1.165, 1.54) is 17.2 Å². The molecule has 0 aliphatic heterocycles. The molecule has 32 heavy (non-hydrogen) atoms. The van der Waals surface area contributed by atoms with Crippen LogP contribution in [0.4, 0.5) is 4.39 Å². The summed E-state index contributed by atoms with van der Waals surface area (Å²) in [6, 6.07) is 11.4. The lowest BCUT2D eigenvalue weighted by Gasteiger charge is -2.20. The molecule has 0 N–H and O–H groups in total. The maximum Gasteiger partial charge on any atom is 0.174 e. The Morgan fingerprint density at radius 3 is 2.28 bits per heavy atom. The Bertz CT molecular complexity index is 1090. The molecule has 0 atom stereocenters. The van der Waals surface area contributed by atoms with Crippen molar-refractivity contribution < 1.29 is 13.9 Å². The van der Waals surface area contributed by atoms with Crippen molar-refractivity contribution in [2.75, 3.05) is 0 Å². The second kappa shape index (κ2) is 10.4. The molecule has 3 aromatic rings. The first-order chi connectivity index (χ1) is 15.3. The molecule has 1 aromatic heterocycles. The molecule has 0 amide bonds. The van der Waals surface area contributed by atoms with Crippen LogP contribution in [0.2, 0.25) is 5.02 Å². The van der Waals surface area contributed by atoms with Gasteiger partial charge in [-0.15, -0.1) is 0 Å². The lowest BCUT2D eigenvalue weighted by molar-refractivity contribution is 0.227. The van der Waals surface area contributed by atoms with E-state index in [2.05, 4.69) is 32.0 Å². The molecule has 0 unspecified atom stereocenters. The van der Waals surface area contributed by atoms with Gasteiger partial charge in [-0.25, -0.2) is 4.39 Å². The van der Waals surface area contributed by atoms with Crippen LogP contribution in [0.1, 0.15) is 55.6 Å². The summed E-state index contributed by atoms with van der Waals surface area (Å²) in [4.78, 5) is 4.92. The van der Waals surface area contributed by atoms with Crippen LogP contribution < -0.4 is 9.47 Å². The van der Waals surface area contributed by atoms with Gasteiger partial charge in [-0.05, 0) is 63.3 Å². The number of aromatic nitrogens is 1. The average Bonchev–Trinajstić information content (AvgIpc) is 2.76. The minimum atomic E-state index is -0.487. The van der Waals surface area contributed by atoms with Crippen LogP contribution in [0, 0.1) is 19.7 Å². The zero-order valence-corrected chi connectivity index (χ0v) is 20.4. The lowest BCUT2D eigenvalue weighted by Crippen LogP contribution is -2.12. The van der Waals surface area contributed by atoms with Crippen molar-refractivity contribution in [1.82, 2.24) is 4.98 Å². The third-order valence-corrected chi connectivity index (χ3v) is 5.98. The Labute approximate surface area is 195 Å². The van der Waals surface area contributed by atoms with Gasteiger partial charge >= 0.3 is 0 Å². The summed E-state index contributed by atoms with van der Waals surface area (Å²) in [6.45, 7) is 12.1. The van der Waals surface area contributed by atoms with Crippen LogP contribution in [0.3, 0.4) is 0 Å². The highest BCUT2D eigenvalue weighted by molar-refractivity contribution is 6.32. The average molecular weight is 456 g/mol. The van der Waals surface area contributed by atoms with Gasteiger partial charge < -0.3 is 9.47 Å². The number of ether oxygens (including phenoxy) is 2. The standard InChI is InChI=1S/C27H31ClFNO2/c1-7-19-10-9-11-20(8-2)25(19)23-14-24(32-16(3)4)21(18(6)30-23)15-31-27-22(29)13-12-17(5)26(27)28/h9-14,16H,7-8,15H2,1-6H3. The molecule has 0 aliphatic carbocycles. The fraction of sp³-hybridized carbons (Fsp3) is 0.370. The lowest BCUT2D eigenvalue weighted by atomic mass is 9.94. The number of hydrogen-bond acceptors (Lipinski definition) is 3. The van der Waals surface area contributed by atoms with Gasteiger partial charge in [0.25, 0.3) is 0 Å². The number of benzene rings is 2. The molecule has 1 heterocycles. The van der Waals surface area contributed by atoms with E-state index in [0.29, 0.717) is 5.75 Å². The quantitative estimate of drug-likeness (QED) is 0.349. The Hall–Kier alpha value is -2.59. The van der Waals surface area contributed by atoms with Crippen LogP contribution in [-0.2, 0) is 19.4 Å². The monoisotopic (exact) mass is 455 g/mol. The molecule has 3 nitrogen and oxygen atoms in total. The van der Waals surface area contributed by atoms with Gasteiger partial charge in [0.05, 0.1) is 22.4 Å². The van der Waals surface area contributed by atoms with E-state index in [9.17, 15) is 4.39 Å². The van der Waals surface area contributed by atoms with Crippen LogP contribution in [0.5, 0.6) is 11.5 Å². The summed E-state index contributed by atoms with van der Waals surface area (Å²) in [7, 11) is 0. The summed E-state index contributed by atoms with van der Waals surface area (Å²) < 4.78 is 26.3. The minimum absolute atomic E-state index is 0.0326. The van der Waals surface area contributed by atoms with Crippen LogP contribution in [0.25, 0.3) is 11.3 Å². The van der Waals surface area contributed by atoms with Gasteiger partial charge in [-0.3, -0.25) is 4.98 Å². The molecule has 0 bridgehead atoms. The molecule has 170 valence electrons. The van der Waals surface area contributed by atoms with Gasteiger partial charge in [0.15, 0.2) is 11.6 Å². The Morgan fingerprint density at radius 2 is 1.69 bits per heavy atom. The highest BCUT2D eigenvalue weighted by atomic mass is 35.5. The van der Waals surface area contributed by atoms with Crippen molar-refractivity contribution in [2.45, 2.75) is 67.1 Å². The van der Waals surface area contributed by atoms with Crippen LogP contribution in [0.15, 0.2) is 36.4 Å².